The van der Waals surface area contributed by atoms with Crippen molar-refractivity contribution >= 4 is 33.3 Å². The summed E-state index contributed by atoms with van der Waals surface area (Å²) in [5.41, 5.74) is -1.67. The van der Waals surface area contributed by atoms with Gasteiger partial charge < -0.3 is 5.11 Å². The van der Waals surface area contributed by atoms with Crippen LogP contribution in [0.1, 0.15) is 56.7 Å². The fraction of sp³-hybridized carbons (Fsp3) is 0.118. The van der Waals surface area contributed by atoms with Gasteiger partial charge in [0.25, 0.3) is 16.4 Å². The van der Waals surface area contributed by atoms with E-state index in [0.717, 1.165) is 65.1 Å². The molecule has 2 atom stereocenters. The Bertz CT molecular complexity index is 2160. The summed E-state index contributed by atoms with van der Waals surface area (Å²) < 4.78 is 115. The standard InChI is InChI=1S/C34H21ClF6N2O4S/c35-27-16-21(33(44)45)8-12-24(27)19-3-1-4-20(15-19)31-29(30-26(34(39,40)41)5-2-14-42-30)25-17-22(36)9-13-28(25)43(31)48(46,47)23-10-6-18(7-11-23)32(37)38/h1-17,29,31-32H,(H,44,45). The SMILES string of the molecule is O=C(O)c1ccc(-c2cccc(C3C(c4ncccc4C(F)(F)F)c4cc(F)ccc4N3S(=O)(=O)c3ccc(C(F)F)cc3)c2)c(Cl)c1. The Balaban J connectivity index is 1.62. The van der Waals surface area contributed by atoms with Crippen molar-refractivity contribution in [3.8, 4) is 11.1 Å². The number of pyridine rings is 1. The summed E-state index contributed by atoms with van der Waals surface area (Å²) in [5.74, 6) is -3.58. The minimum absolute atomic E-state index is 0.0352. The first-order chi connectivity index (χ1) is 22.7. The molecule has 1 aliphatic heterocycles. The molecular weight excluding hydrogens is 682 g/mol. The number of sulfonamides is 1. The number of aromatic nitrogens is 1. The van der Waals surface area contributed by atoms with E-state index in [4.69, 9.17) is 11.6 Å². The number of aromatic carboxylic acids is 1. The first-order valence-corrected chi connectivity index (χ1v) is 15.9. The molecule has 2 unspecified atom stereocenters. The molecule has 1 N–H and O–H groups in total. The van der Waals surface area contributed by atoms with Crippen LogP contribution in [0.4, 0.5) is 32.0 Å². The maximum Gasteiger partial charge on any atom is 0.418 e. The van der Waals surface area contributed by atoms with Crippen LogP contribution in [-0.2, 0) is 16.2 Å². The predicted molar refractivity (Wildman–Crippen MR) is 165 cm³/mol. The van der Waals surface area contributed by atoms with Crippen molar-refractivity contribution in [3.05, 3.63) is 148 Å². The molecule has 1 aliphatic rings. The molecule has 0 saturated carbocycles. The van der Waals surface area contributed by atoms with Gasteiger partial charge in [-0.1, -0.05) is 48.0 Å². The molecule has 1 aromatic heterocycles. The van der Waals surface area contributed by atoms with Crippen molar-refractivity contribution in [2.75, 3.05) is 4.31 Å². The summed E-state index contributed by atoms with van der Waals surface area (Å²) in [6.07, 6.45) is -6.71. The third-order valence-electron chi connectivity index (χ3n) is 8.01. The van der Waals surface area contributed by atoms with Gasteiger partial charge >= 0.3 is 12.1 Å². The van der Waals surface area contributed by atoms with E-state index in [1.165, 1.54) is 36.4 Å². The lowest BCUT2D eigenvalue weighted by atomic mass is 9.84. The smallest absolute Gasteiger partial charge is 0.418 e. The van der Waals surface area contributed by atoms with Gasteiger partial charge in [0, 0.05) is 22.3 Å². The van der Waals surface area contributed by atoms with Crippen LogP contribution in [0, 0.1) is 5.82 Å². The zero-order valence-corrected chi connectivity index (χ0v) is 25.7. The number of carbonyl (C=O) groups is 1. The number of nitrogens with zero attached hydrogens (tertiary/aromatic N) is 2. The molecule has 6 nitrogen and oxygen atoms in total. The van der Waals surface area contributed by atoms with Gasteiger partial charge in [0.15, 0.2) is 0 Å². The van der Waals surface area contributed by atoms with E-state index in [2.05, 4.69) is 4.98 Å². The zero-order chi connectivity index (χ0) is 34.5. The second-order valence-electron chi connectivity index (χ2n) is 10.9. The van der Waals surface area contributed by atoms with Crippen LogP contribution in [0.15, 0.2) is 108 Å². The van der Waals surface area contributed by atoms with Crippen LogP contribution in [0.2, 0.25) is 5.02 Å². The Hall–Kier alpha value is -4.88. The molecule has 0 saturated heterocycles. The third kappa shape index (κ3) is 5.88. The summed E-state index contributed by atoms with van der Waals surface area (Å²) in [5, 5.41) is 9.39. The summed E-state index contributed by atoms with van der Waals surface area (Å²) in [7, 11) is -4.73. The van der Waals surface area contributed by atoms with Gasteiger partial charge in [0.2, 0.25) is 0 Å². The molecule has 0 fully saturated rings. The molecule has 6 rings (SSSR count). The highest BCUT2D eigenvalue weighted by Crippen LogP contribution is 2.56. The molecule has 0 aliphatic carbocycles. The summed E-state index contributed by atoms with van der Waals surface area (Å²) in [6, 6.07) is 17.2. The predicted octanol–water partition coefficient (Wildman–Crippen LogP) is 9.28. The topological polar surface area (TPSA) is 87.6 Å². The van der Waals surface area contributed by atoms with Crippen LogP contribution in [-0.4, -0.2) is 24.5 Å². The monoisotopic (exact) mass is 702 g/mol. The Morgan fingerprint density at radius 2 is 1.65 bits per heavy atom. The van der Waals surface area contributed by atoms with Gasteiger partial charge in [-0.3, -0.25) is 9.29 Å². The van der Waals surface area contributed by atoms with Gasteiger partial charge in [-0.05, 0) is 77.4 Å². The van der Waals surface area contributed by atoms with E-state index in [1.807, 2.05) is 0 Å². The minimum Gasteiger partial charge on any atom is -0.478 e. The first kappa shape index (κ1) is 33.0. The highest BCUT2D eigenvalue weighted by Gasteiger charge is 2.50. The number of hydrogen-bond donors (Lipinski definition) is 1. The minimum atomic E-state index is -4.93. The number of hydrogen-bond acceptors (Lipinski definition) is 4. The highest BCUT2D eigenvalue weighted by molar-refractivity contribution is 7.92. The maximum atomic E-state index is 14.9. The van der Waals surface area contributed by atoms with Crippen LogP contribution in [0.3, 0.4) is 0 Å². The molecule has 0 bridgehead atoms. The molecule has 246 valence electrons. The molecule has 4 aromatic carbocycles. The average molecular weight is 703 g/mol. The van der Waals surface area contributed by atoms with Crippen molar-refractivity contribution in [1.82, 2.24) is 4.98 Å². The first-order valence-electron chi connectivity index (χ1n) is 14.1. The normalized spacial score (nSPS) is 16.3. The maximum absolute atomic E-state index is 14.9. The van der Waals surface area contributed by atoms with Crippen molar-refractivity contribution in [1.29, 1.82) is 0 Å². The quantitative estimate of drug-likeness (QED) is 0.171. The van der Waals surface area contributed by atoms with E-state index >= 15 is 0 Å². The van der Waals surface area contributed by atoms with Crippen LogP contribution >= 0.6 is 11.6 Å². The van der Waals surface area contributed by atoms with Crippen molar-refractivity contribution < 1.29 is 44.7 Å². The number of carboxylic acids is 1. The number of benzene rings is 4. The van der Waals surface area contributed by atoms with E-state index in [0.29, 0.717) is 11.1 Å². The molecule has 14 heteroatoms. The Morgan fingerprint density at radius 1 is 0.917 bits per heavy atom. The van der Waals surface area contributed by atoms with Crippen LogP contribution in [0.25, 0.3) is 11.1 Å². The fourth-order valence-corrected chi connectivity index (χ4v) is 7.87. The average Bonchev–Trinajstić information content (AvgIpc) is 3.39. The number of carboxylic acid groups (broad SMARTS) is 1. The van der Waals surface area contributed by atoms with Gasteiger partial charge in [0.05, 0.1) is 39.4 Å². The Labute approximate surface area is 274 Å². The lowest BCUT2D eigenvalue weighted by Crippen LogP contribution is -2.34. The molecule has 2 heterocycles. The Kier molecular flexibility index (Phi) is 8.46. The van der Waals surface area contributed by atoms with E-state index in [9.17, 15) is 44.7 Å². The fourth-order valence-electron chi connectivity index (χ4n) is 5.91. The second-order valence-corrected chi connectivity index (χ2v) is 13.1. The number of alkyl halides is 5. The number of anilines is 1. The summed E-state index contributed by atoms with van der Waals surface area (Å²) in [6.45, 7) is 0. The summed E-state index contributed by atoms with van der Waals surface area (Å²) >= 11 is 6.42. The van der Waals surface area contributed by atoms with E-state index in [-0.39, 0.29) is 27.4 Å². The molecule has 0 radical (unpaired) electrons. The molecule has 0 amide bonds. The lowest BCUT2D eigenvalue weighted by Gasteiger charge is -2.31. The van der Waals surface area contributed by atoms with Crippen molar-refractivity contribution in [3.63, 3.8) is 0 Å². The van der Waals surface area contributed by atoms with Gasteiger partial charge in [0.1, 0.15) is 5.82 Å². The van der Waals surface area contributed by atoms with Crippen molar-refractivity contribution in [2.45, 2.75) is 29.5 Å². The van der Waals surface area contributed by atoms with Gasteiger partial charge in [-0.25, -0.2) is 26.4 Å². The summed E-state index contributed by atoms with van der Waals surface area (Å²) in [4.78, 5) is 15.1. The molecule has 48 heavy (non-hydrogen) atoms. The number of halogens is 7. The van der Waals surface area contributed by atoms with Crippen LogP contribution in [0.5, 0.6) is 0 Å². The lowest BCUT2D eigenvalue weighted by molar-refractivity contribution is -0.138. The van der Waals surface area contributed by atoms with Gasteiger partial charge in [-0.15, -0.1) is 0 Å². The Morgan fingerprint density at radius 3 is 2.29 bits per heavy atom. The van der Waals surface area contributed by atoms with E-state index in [1.54, 1.807) is 6.07 Å². The number of rotatable bonds is 7. The zero-order valence-electron chi connectivity index (χ0n) is 24.2. The van der Waals surface area contributed by atoms with Gasteiger partial charge in [-0.2, -0.15) is 13.2 Å². The largest absolute Gasteiger partial charge is 0.478 e. The molecular formula is C34H21ClF6N2O4S. The molecule has 0 spiro atoms. The third-order valence-corrected chi connectivity index (χ3v) is 10.1. The second kappa shape index (κ2) is 12.3. The molecule has 5 aromatic rings. The van der Waals surface area contributed by atoms with E-state index < -0.39 is 68.1 Å². The van der Waals surface area contributed by atoms with Crippen LogP contribution < -0.4 is 4.31 Å². The van der Waals surface area contributed by atoms with Crippen molar-refractivity contribution in [2.24, 2.45) is 0 Å². The highest BCUT2D eigenvalue weighted by atomic mass is 35.5. The number of fused-ring (bicyclic) bond motifs is 1.